The molecule has 1 aromatic carbocycles. The van der Waals surface area contributed by atoms with E-state index in [1.54, 1.807) is 12.1 Å². The van der Waals surface area contributed by atoms with E-state index in [0.717, 1.165) is 36.3 Å². The predicted octanol–water partition coefficient (Wildman–Crippen LogP) is 3.69. The molecule has 0 unspecified atom stereocenters. The zero-order valence-electron chi connectivity index (χ0n) is 17.4. The van der Waals surface area contributed by atoms with Crippen LogP contribution in [0.2, 0.25) is 0 Å². The summed E-state index contributed by atoms with van der Waals surface area (Å²) < 4.78 is 28.2. The van der Waals surface area contributed by atoms with E-state index in [-0.39, 0.29) is 17.9 Å². The zero-order chi connectivity index (χ0) is 21.8. The highest BCUT2D eigenvalue weighted by molar-refractivity contribution is 9.11. The van der Waals surface area contributed by atoms with Gasteiger partial charge in [0.15, 0.2) is 0 Å². The van der Waals surface area contributed by atoms with Gasteiger partial charge in [-0.3, -0.25) is 9.69 Å². The Bertz CT molecular complexity index is 980. The summed E-state index contributed by atoms with van der Waals surface area (Å²) in [7, 11) is -3.46. The minimum Gasteiger partial charge on any atom is -0.353 e. The molecular formula is C22H28BrN3O3S2. The molecule has 1 N–H and O–H groups in total. The number of amides is 1. The standard InChI is InChI=1S/C22H28BrN3O3S2/c23-20-6-7-21(30-20)31(28,29)26-14-8-18(9-15-26)22(27)24-19-10-12-25(13-11-19)16-17-4-2-1-3-5-17/h1-7,18-19H,8-16H2,(H,24,27). The summed E-state index contributed by atoms with van der Waals surface area (Å²) in [5.41, 5.74) is 1.32. The van der Waals surface area contributed by atoms with Crippen molar-refractivity contribution >= 4 is 43.2 Å². The van der Waals surface area contributed by atoms with Crippen LogP contribution >= 0.6 is 27.3 Å². The van der Waals surface area contributed by atoms with Gasteiger partial charge < -0.3 is 5.32 Å². The van der Waals surface area contributed by atoms with E-state index < -0.39 is 10.0 Å². The number of rotatable bonds is 6. The van der Waals surface area contributed by atoms with Crippen LogP contribution in [0.15, 0.2) is 50.5 Å². The van der Waals surface area contributed by atoms with Crippen LogP contribution < -0.4 is 5.32 Å². The van der Waals surface area contributed by atoms with Crippen molar-refractivity contribution in [2.24, 2.45) is 5.92 Å². The van der Waals surface area contributed by atoms with Crippen molar-refractivity contribution in [1.82, 2.24) is 14.5 Å². The van der Waals surface area contributed by atoms with Crippen LogP contribution in [0.25, 0.3) is 0 Å². The Morgan fingerprint density at radius 2 is 1.68 bits per heavy atom. The number of piperidine rings is 2. The molecule has 31 heavy (non-hydrogen) atoms. The second-order valence-corrected chi connectivity index (χ2v) is 12.9. The van der Waals surface area contributed by atoms with Crippen LogP contribution in [0.3, 0.4) is 0 Å². The highest BCUT2D eigenvalue weighted by Gasteiger charge is 2.33. The van der Waals surface area contributed by atoms with Gasteiger partial charge in [-0.25, -0.2) is 8.42 Å². The van der Waals surface area contributed by atoms with Crippen LogP contribution in [-0.4, -0.2) is 55.8 Å². The molecule has 0 spiro atoms. The maximum Gasteiger partial charge on any atom is 0.252 e. The molecule has 2 aliphatic rings. The first-order chi connectivity index (χ1) is 14.9. The van der Waals surface area contributed by atoms with Crippen LogP contribution in [0.1, 0.15) is 31.2 Å². The molecule has 2 aliphatic heterocycles. The Hall–Kier alpha value is -1.26. The van der Waals surface area contributed by atoms with Gasteiger partial charge in [0.2, 0.25) is 5.91 Å². The fourth-order valence-electron chi connectivity index (χ4n) is 4.32. The van der Waals surface area contributed by atoms with E-state index >= 15 is 0 Å². The molecule has 2 fully saturated rings. The molecule has 0 atom stereocenters. The van der Waals surface area contributed by atoms with Gasteiger partial charge in [-0.1, -0.05) is 30.3 Å². The van der Waals surface area contributed by atoms with Crippen molar-refractivity contribution in [2.45, 2.75) is 42.5 Å². The summed E-state index contributed by atoms with van der Waals surface area (Å²) in [6.45, 7) is 3.70. The van der Waals surface area contributed by atoms with Gasteiger partial charge in [-0.05, 0) is 59.3 Å². The number of carbonyl (C=O) groups is 1. The topological polar surface area (TPSA) is 69.7 Å². The Morgan fingerprint density at radius 1 is 1.00 bits per heavy atom. The lowest BCUT2D eigenvalue weighted by Gasteiger charge is -2.34. The minimum absolute atomic E-state index is 0.0809. The molecule has 1 amide bonds. The summed E-state index contributed by atoms with van der Waals surface area (Å²) in [6.07, 6.45) is 3.06. The number of likely N-dealkylation sites (tertiary alicyclic amines) is 1. The average Bonchev–Trinajstić information content (AvgIpc) is 3.23. The van der Waals surface area contributed by atoms with E-state index in [1.807, 2.05) is 6.07 Å². The van der Waals surface area contributed by atoms with Gasteiger partial charge in [-0.2, -0.15) is 4.31 Å². The normalized spacial score (nSPS) is 20.0. The lowest BCUT2D eigenvalue weighted by atomic mass is 9.95. The number of carbonyl (C=O) groups excluding carboxylic acids is 1. The highest BCUT2D eigenvalue weighted by atomic mass is 79.9. The summed E-state index contributed by atoms with van der Waals surface area (Å²) in [6, 6.07) is 14.1. The quantitative estimate of drug-likeness (QED) is 0.624. The van der Waals surface area contributed by atoms with E-state index in [1.165, 1.54) is 21.2 Å². The molecule has 0 bridgehead atoms. The van der Waals surface area contributed by atoms with Gasteiger partial charge in [0.1, 0.15) is 4.21 Å². The van der Waals surface area contributed by atoms with Crippen molar-refractivity contribution in [1.29, 1.82) is 0 Å². The van der Waals surface area contributed by atoms with Crippen LogP contribution in [0.4, 0.5) is 0 Å². The third-order valence-electron chi connectivity index (χ3n) is 6.15. The SMILES string of the molecule is O=C(NC1CCN(Cc2ccccc2)CC1)C1CCN(S(=O)(=O)c2ccc(Br)s2)CC1. The number of thiophene rings is 1. The third-order valence-corrected chi connectivity index (χ3v) is 10.1. The number of nitrogens with one attached hydrogen (secondary N) is 1. The summed E-state index contributed by atoms with van der Waals surface area (Å²) in [5, 5.41) is 3.22. The van der Waals surface area contributed by atoms with Crippen molar-refractivity contribution < 1.29 is 13.2 Å². The smallest absolute Gasteiger partial charge is 0.252 e. The van der Waals surface area contributed by atoms with Crippen molar-refractivity contribution in [3.05, 3.63) is 51.8 Å². The Balaban J connectivity index is 1.22. The average molecular weight is 527 g/mol. The van der Waals surface area contributed by atoms with Crippen molar-refractivity contribution in [3.8, 4) is 0 Å². The van der Waals surface area contributed by atoms with Crippen molar-refractivity contribution in [2.75, 3.05) is 26.2 Å². The second kappa shape index (κ2) is 10.1. The first-order valence-electron chi connectivity index (χ1n) is 10.7. The number of hydrogen-bond donors (Lipinski definition) is 1. The van der Waals surface area contributed by atoms with Crippen LogP contribution in [0, 0.1) is 5.92 Å². The lowest BCUT2D eigenvalue weighted by Crippen LogP contribution is -2.48. The lowest BCUT2D eigenvalue weighted by molar-refractivity contribution is -0.127. The molecule has 2 saturated heterocycles. The molecule has 0 radical (unpaired) electrons. The molecule has 0 aliphatic carbocycles. The Kier molecular flexibility index (Phi) is 7.48. The Labute approximate surface area is 196 Å². The minimum atomic E-state index is -3.46. The molecule has 3 heterocycles. The maximum absolute atomic E-state index is 12.8. The number of sulfonamides is 1. The maximum atomic E-state index is 12.8. The second-order valence-electron chi connectivity index (χ2n) is 8.28. The number of nitrogens with zero attached hydrogens (tertiary/aromatic N) is 2. The molecule has 1 aromatic heterocycles. The molecule has 4 rings (SSSR count). The fourth-order valence-corrected chi connectivity index (χ4v) is 7.95. The first-order valence-corrected chi connectivity index (χ1v) is 13.8. The van der Waals surface area contributed by atoms with Gasteiger partial charge in [-0.15, -0.1) is 11.3 Å². The number of halogens is 1. The molecular weight excluding hydrogens is 498 g/mol. The van der Waals surface area contributed by atoms with Crippen molar-refractivity contribution in [3.63, 3.8) is 0 Å². The monoisotopic (exact) mass is 525 g/mol. The fraction of sp³-hybridized carbons (Fsp3) is 0.500. The van der Waals surface area contributed by atoms with Gasteiger partial charge in [0.25, 0.3) is 10.0 Å². The van der Waals surface area contributed by atoms with E-state index in [0.29, 0.717) is 30.1 Å². The highest BCUT2D eigenvalue weighted by Crippen LogP contribution is 2.31. The van der Waals surface area contributed by atoms with E-state index in [9.17, 15) is 13.2 Å². The van der Waals surface area contributed by atoms with Crippen LogP contribution in [-0.2, 0) is 21.4 Å². The molecule has 2 aromatic rings. The van der Waals surface area contributed by atoms with Gasteiger partial charge in [0, 0.05) is 44.7 Å². The van der Waals surface area contributed by atoms with Gasteiger partial charge >= 0.3 is 0 Å². The third kappa shape index (κ3) is 5.76. The first kappa shape index (κ1) is 22.9. The Morgan fingerprint density at radius 3 is 2.29 bits per heavy atom. The molecule has 168 valence electrons. The van der Waals surface area contributed by atoms with E-state index in [4.69, 9.17) is 0 Å². The molecule has 6 nitrogen and oxygen atoms in total. The summed E-state index contributed by atoms with van der Waals surface area (Å²) in [4.78, 5) is 15.2. The molecule has 0 saturated carbocycles. The van der Waals surface area contributed by atoms with E-state index in [2.05, 4.69) is 50.4 Å². The largest absolute Gasteiger partial charge is 0.353 e. The zero-order valence-corrected chi connectivity index (χ0v) is 20.6. The molecule has 9 heteroatoms. The number of hydrogen-bond acceptors (Lipinski definition) is 5. The van der Waals surface area contributed by atoms with Gasteiger partial charge in [0.05, 0.1) is 3.79 Å². The predicted molar refractivity (Wildman–Crippen MR) is 126 cm³/mol. The van der Waals surface area contributed by atoms with Crippen LogP contribution in [0.5, 0.6) is 0 Å². The number of benzene rings is 1. The summed E-state index contributed by atoms with van der Waals surface area (Å²) >= 11 is 4.55. The summed E-state index contributed by atoms with van der Waals surface area (Å²) in [5.74, 6) is -0.0266.